The van der Waals surface area contributed by atoms with Gasteiger partial charge in [0.15, 0.2) is 0 Å². The molecule has 0 aromatic heterocycles. The van der Waals surface area contributed by atoms with Crippen molar-refractivity contribution < 1.29 is 9.18 Å². The zero-order valence-electron chi connectivity index (χ0n) is 9.60. The Balaban J connectivity index is 2.10. The van der Waals surface area contributed by atoms with Gasteiger partial charge in [-0.1, -0.05) is 23.2 Å². The summed E-state index contributed by atoms with van der Waals surface area (Å²) in [6.07, 6.45) is 1.92. The van der Waals surface area contributed by atoms with Crippen LogP contribution in [0.25, 0.3) is 0 Å². The van der Waals surface area contributed by atoms with Crippen LogP contribution in [0, 0.1) is 5.82 Å². The number of rotatable bonds is 2. The third kappa shape index (κ3) is 3.13. The van der Waals surface area contributed by atoms with Gasteiger partial charge in [0.2, 0.25) is 0 Å². The average Bonchev–Trinajstić information content (AvgIpc) is 2.35. The molecular formula is C12H13Cl2FN2O. The van der Waals surface area contributed by atoms with Crippen LogP contribution in [0.3, 0.4) is 0 Å². The summed E-state index contributed by atoms with van der Waals surface area (Å²) in [5, 5.41) is 6.08. The zero-order valence-corrected chi connectivity index (χ0v) is 11.1. The SMILES string of the molecule is O=C(NC1CCCNC1)c1cc(F)c(Cl)cc1Cl. The fourth-order valence-corrected chi connectivity index (χ4v) is 2.40. The van der Waals surface area contributed by atoms with E-state index in [9.17, 15) is 9.18 Å². The molecule has 98 valence electrons. The molecule has 1 saturated heterocycles. The van der Waals surface area contributed by atoms with E-state index in [1.165, 1.54) is 6.07 Å². The highest BCUT2D eigenvalue weighted by atomic mass is 35.5. The largest absolute Gasteiger partial charge is 0.348 e. The summed E-state index contributed by atoms with van der Waals surface area (Å²) in [5.41, 5.74) is 0.115. The lowest BCUT2D eigenvalue weighted by Crippen LogP contribution is -2.45. The van der Waals surface area contributed by atoms with Crippen LogP contribution in [0.2, 0.25) is 10.0 Å². The van der Waals surface area contributed by atoms with Gasteiger partial charge in [0, 0.05) is 12.6 Å². The number of piperidine rings is 1. The van der Waals surface area contributed by atoms with E-state index in [2.05, 4.69) is 10.6 Å². The first-order valence-electron chi connectivity index (χ1n) is 5.74. The number of amides is 1. The number of benzene rings is 1. The van der Waals surface area contributed by atoms with Crippen molar-refractivity contribution in [2.75, 3.05) is 13.1 Å². The Hall–Kier alpha value is -0.840. The van der Waals surface area contributed by atoms with Crippen molar-refractivity contribution in [2.45, 2.75) is 18.9 Å². The van der Waals surface area contributed by atoms with E-state index in [1.54, 1.807) is 0 Å². The second-order valence-corrected chi connectivity index (χ2v) is 5.08. The molecule has 1 aromatic rings. The highest BCUT2D eigenvalue weighted by Gasteiger charge is 2.19. The Morgan fingerprint density at radius 1 is 1.39 bits per heavy atom. The van der Waals surface area contributed by atoms with E-state index < -0.39 is 5.82 Å². The summed E-state index contributed by atoms with van der Waals surface area (Å²) >= 11 is 11.5. The lowest BCUT2D eigenvalue weighted by molar-refractivity contribution is 0.0930. The molecule has 1 aromatic carbocycles. The fourth-order valence-electron chi connectivity index (χ4n) is 1.93. The number of halogens is 3. The molecule has 0 saturated carbocycles. The Morgan fingerprint density at radius 2 is 2.17 bits per heavy atom. The third-order valence-corrected chi connectivity index (χ3v) is 3.49. The van der Waals surface area contributed by atoms with Crippen molar-refractivity contribution in [3.8, 4) is 0 Å². The van der Waals surface area contributed by atoms with Crippen LogP contribution in [0.15, 0.2) is 12.1 Å². The van der Waals surface area contributed by atoms with Crippen LogP contribution < -0.4 is 10.6 Å². The van der Waals surface area contributed by atoms with Crippen LogP contribution >= 0.6 is 23.2 Å². The van der Waals surface area contributed by atoms with E-state index in [1.807, 2.05) is 0 Å². The maximum absolute atomic E-state index is 13.3. The third-order valence-electron chi connectivity index (χ3n) is 2.89. The minimum Gasteiger partial charge on any atom is -0.348 e. The lowest BCUT2D eigenvalue weighted by atomic mass is 10.1. The molecule has 1 atom stereocenters. The van der Waals surface area contributed by atoms with Gasteiger partial charge < -0.3 is 10.6 Å². The molecule has 3 nitrogen and oxygen atoms in total. The molecule has 1 fully saturated rings. The number of hydrogen-bond acceptors (Lipinski definition) is 2. The van der Waals surface area contributed by atoms with Gasteiger partial charge in [0.05, 0.1) is 15.6 Å². The Kier molecular flexibility index (Phi) is 4.43. The number of nitrogens with one attached hydrogen (secondary N) is 2. The number of carbonyl (C=O) groups excluding carboxylic acids is 1. The molecule has 1 unspecified atom stereocenters. The fraction of sp³-hybridized carbons (Fsp3) is 0.417. The molecule has 1 heterocycles. The van der Waals surface area contributed by atoms with Gasteiger partial charge in [-0.25, -0.2) is 4.39 Å². The second kappa shape index (κ2) is 5.87. The van der Waals surface area contributed by atoms with E-state index in [0.717, 1.165) is 32.0 Å². The second-order valence-electron chi connectivity index (χ2n) is 4.26. The van der Waals surface area contributed by atoms with Crippen LogP contribution in [-0.4, -0.2) is 25.0 Å². The van der Waals surface area contributed by atoms with Gasteiger partial charge in [0.25, 0.3) is 5.91 Å². The van der Waals surface area contributed by atoms with Crippen molar-refractivity contribution >= 4 is 29.1 Å². The van der Waals surface area contributed by atoms with Gasteiger partial charge in [-0.05, 0) is 31.5 Å². The van der Waals surface area contributed by atoms with Crippen molar-refractivity contribution in [2.24, 2.45) is 0 Å². The summed E-state index contributed by atoms with van der Waals surface area (Å²) < 4.78 is 13.3. The molecule has 1 aliphatic heterocycles. The van der Waals surface area contributed by atoms with Crippen molar-refractivity contribution in [3.05, 3.63) is 33.6 Å². The van der Waals surface area contributed by atoms with E-state index in [-0.39, 0.29) is 27.6 Å². The molecule has 2 N–H and O–H groups in total. The summed E-state index contributed by atoms with van der Waals surface area (Å²) in [6, 6.07) is 2.36. The van der Waals surface area contributed by atoms with Gasteiger partial charge in [-0.15, -0.1) is 0 Å². The Labute approximate surface area is 115 Å². The lowest BCUT2D eigenvalue weighted by Gasteiger charge is -2.24. The summed E-state index contributed by atoms with van der Waals surface area (Å²) in [4.78, 5) is 12.0. The molecule has 0 radical (unpaired) electrons. The maximum Gasteiger partial charge on any atom is 0.253 e. The first kappa shape index (κ1) is 13.6. The molecule has 2 rings (SSSR count). The number of hydrogen-bond donors (Lipinski definition) is 2. The van der Waals surface area contributed by atoms with E-state index in [0.29, 0.717) is 0 Å². The van der Waals surface area contributed by atoms with E-state index in [4.69, 9.17) is 23.2 Å². The standard InChI is InChI=1S/C12H13Cl2FN2O/c13-9-5-10(14)11(15)4-8(9)12(18)17-7-2-1-3-16-6-7/h4-5,7,16H,1-3,6H2,(H,17,18). The van der Waals surface area contributed by atoms with Crippen molar-refractivity contribution in [1.29, 1.82) is 0 Å². The maximum atomic E-state index is 13.3. The Morgan fingerprint density at radius 3 is 2.83 bits per heavy atom. The van der Waals surface area contributed by atoms with Gasteiger partial charge in [-0.2, -0.15) is 0 Å². The van der Waals surface area contributed by atoms with Crippen LogP contribution in [-0.2, 0) is 0 Å². The zero-order chi connectivity index (χ0) is 13.1. The van der Waals surface area contributed by atoms with Gasteiger partial charge in [0.1, 0.15) is 5.82 Å². The summed E-state index contributed by atoms with van der Waals surface area (Å²) in [7, 11) is 0. The number of carbonyl (C=O) groups is 1. The molecule has 1 amide bonds. The van der Waals surface area contributed by atoms with Crippen LogP contribution in [0.5, 0.6) is 0 Å². The summed E-state index contributed by atoms with van der Waals surface area (Å²) in [6.45, 7) is 1.68. The van der Waals surface area contributed by atoms with Crippen LogP contribution in [0.4, 0.5) is 4.39 Å². The topological polar surface area (TPSA) is 41.1 Å². The summed E-state index contributed by atoms with van der Waals surface area (Å²) in [5.74, 6) is -1.02. The molecule has 0 bridgehead atoms. The van der Waals surface area contributed by atoms with Crippen LogP contribution in [0.1, 0.15) is 23.2 Å². The normalized spacial score (nSPS) is 19.6. The quantitative estimate of drug-likeness (QED) is 0.822. The molecular weight excluding hydrogens is 278 g/mol. The minimum atomic E-state index is -0.645. The van der Waals surface area contributed by atoms with Crippen molar-refractivity contribution in [3.63, 3.8) is 0 Å². The first-order valence-corrected chi connectivity index (χ1v) is 6.49. The molecule has 1 aliphatic rings. The van der Waals surface area contributed by atoms with Gasteiger partial charge in [-0.3, -0.25) is 4.79 Å². The highest BCUT2D eigenvalue weighted by Crippen LogP contribution is 2.24. The smallest absolute Gasteiger partial charge is 0.253 e. The van der Waals surface area contributed by atoms with E-state index >= 15 is 0 Å². The van der Waals surface area contributed by atoms with Crippen molar-refractivity contribution in [1.82, 2.24) is 10.6 Å². The Bertz CT molecular complexity index is 462. The van der Waals surface area contributed by atoms with Gasteiger partial charge >= 0.3 is 0 Å². The molecule has 0 spiro atoms. The minimum absolute atomic E-state index is 0.0565. The molecule has 6 heteroatoms. The molecule has 0 aliphatic carbocycles. The highest BCUT2D eigenvalue weighted by molar-refractivity contribution is 6.36. The average molecular weight is 291 g/mol. The first-order chi connectivity index (χ1) is 8.58. The monoisotopic (exact) mass is 290 g/mol. The predicted molar refractivity (Wildman–Crippen MR) is 69.8 cm³/mol. The molecule has 18 heavy (non-hydrogen) atoms. The predicted octanol–water partition coefficient (Wildman–Crippen LogP) is 2.61.